The Morgan fingerprint density at radius 1 is 1.14 bits per heavy atom. The van der Waals surface area contributed by atoms with Crippen LogP contribution in [0, 0.1) is 26.6 Å². The lowest BCUT2D eigenvalue weighted by atomic mass is 10.0. The Hall–Kier alpha value is -1.68. The maximum Gasteiger partial charge on any atom is 0.228 e. The van der Waals surface area contributed by atoms with Gasteiger partial charge in [-0.3, -0.25) is 4.79 Å². The van der Waals surface area contributed by atoms with E-state index in [1.165, 1.54) is 6.07 Å². The van der Waals surface area contributed by atoms with Crippen LogP contribution in [0.3, 0.4) is 0 Å². The van der Waals surface area contributed by atoms with Crippen molar-refractivity contribution >= 4 is 27.5 Å². The molecule has 0 radical (unpaired) electrons. The van der Waals surface area contributed by atoms with Gasteiger partial charge in [0.1, 0.15) is 5.82 Å². The van der Waals surface area contributed by atoms with Gasteiger partial charge in [0.25, 0.3) is 0 Å². The Kier molecular flexibility index (Phi) is 4.78. The van der Waals surface area contributed by atoms with E-state index in [9.17, 15) is 9.18 Å². The van der Waals surface area contributed by atoms with Crippen molar-refractivity contribution in [1.29, 1.82) is 0 Å². The number of nitrogens with one attached hydrogen (secondary N) is 1. The summed E-state index contributed by atoms with van der Waals surface area (Å²) in [4.78, 5) is 12.1. The normalized spacial score (nSPS) is 10.5. The molecule has 1 amide bonds. The first-order valence-corrected chi connectivity index (χ1v) is 7.47. The number of halogens is 2. The second-order valence-corrected chi connectivity index (χ2v) is 6.09. The highest BCUT2D eigenvalue weighted by Crippen LogP contribution is 2.24. The smallest absolute Gasteiger partial charge is 0.228 e. The van der Waals surface area contributed by atoms with E-state index in [1.807, 2.05) is 39.0 Å². The van der Waals surface area contributed by atoms with E-state index in [-0.39, 0.29) is 18.1 Å². The molecule has 0 atom stereocenters. The molecule has 0 unspecified atom stereocenters. The predicted octanol–water partition coefficient (Wildman–Crippen LogP) is 4.69. The van der Waals surface area contributed by atoms with Crippen molar-refractivity contribution in [2.24, 2.45) is 0 Å². The fourth-order valence-electron chi connectivity index (χ4n) is 2.14. The molecule has 2 rings (SSSR count). The largest absolute Gasteiger partial charge is 0.325 e. The highest BCUT2D eigenvalue weighted by atomic mass is 79.9. The monoisotopic (exact) mass is 349 g/mol. The summed E-state index contributed by atoms with van der Waals surface area (Å²) in [5.41, 5.74) is 4.51. The van der Waals surface area contributed by atoms with Crippen LogP contribution in [0.1, 0.15) is 22.3 Å². The van der Waals surface area contributed by atoms with Crippen molar-refractivity contribution in [3.05, 3.63) is 62.9 Å². The van der Waals surface area contributed by atoms with E-state index in [0.717, 1.165) is 22.3 Å². The standard InChI is InChI=1S/C17H17BrFNO/c1-10-4-5-11(2)13(6-10)8-17(21)20-16-9-15(19)14(18)7-12(16)3/h4-7,9H,8H2,1-3H3,(H,20,21). The van der Waals surface area contributed by atoms with Crippen LogP contribution in [0.4, 0.5) is 10.1 Å². The minimum Gasteiger partial charge on any atom is -0.325 e. The van der Waals surface area contributed by atoms with Crippen molar-refractivity contribution in [3.8, 4) is 0 Å². The zero-order valence-corrected chi connectivity index (χ0v) is 13.8. The van der Waals surface area contributed by atoms with Gasteiger partial charge in [-0.1, -0.05) is 23.8 Å². The van der Waals surface area contributed by atoms with Gasteiger partial charge in [-0.05, 0) is 65.5 Å². The molecular weight excluding hydrogens is 333 g/mol. The van der Waals surface area contributed by atoms with Crippen molar-refractivity contribution in [2.75, 3.05) is 5.32 Å². The topological polar surface area (TPSA) is 29.1 Å². The maximum absolute atomic E-state index is 13.6. The molecule has 0 saturated carbocycles. The van der Waals surface area contributed by atoms with Crippen LogP contribution in [-0.4, -0.2) is 5.91 Å². The highest BCUT2D eigenvalue weighted by Gasteiger charge is 2.10. The first-order chi connectivity index (χ1) is 9.86. The summed E-state index contributed by atoms with van der Waals surface area (Å²) in [7, 11) is 0. The summed E-state index contributed by atoms with van der Waals surface area (Å²) in [6, 6.07) is 9.01. The Balaban J connectivity index is 2.15. The molecule has 1 N–H and O–H groups in total. The van der Waals surface area contributed by atoms with Gasteiger partial charge in [-0.2, -0.15) is 0 Å². The summed E-state index contributed by atoms with van der Waals surface area (Å²) in [5.74, 6) is -0.531. The summed E-state index contributed by atoms with van der Waals surface area (Å²) in [6.45, 7) is 5.80. The molecule has 2 aromatic carbocycles. The molecule has 0 saturated heterocycles. The molecule has 2 aromatic rings. The van der Waals surface area contributed by atoms with Crippen LogP contribution in [0.2, 0.25) is 0 Å². The zero-order chi connectivity index (χ0) is 15.6. The minimum absolute atomic E-state index is 0.145. The van der Waals surface area contributed by atoms with Gasteiger partial charge in [0.05, 0.1) is 10.9 Å². The lowest BCUT2D eigenvalue weighted by molar-refractivity contribution is -0.115. The summed E-state index contributed by atoms with van der Waals surface area (Å²) >= 11 is 3.13. The molecule has 21 heavy (non-hydrogen) atoms. The van der Waals surface area contributed by atoms with E-state index < -0.39 is 0 Å². The van der Waals surface area contributed by atoms with Crippen LogP contribution in [0.5, 0.6) is 0 Å². The molecule has 2 nitrogen and oxygen atoms in total. The van der Waals surface area contributed by atoms with Crippen molar-refractivity contribution < 1.29 is 9.18 Å². The third kappa shape index (κ3) is 3.91. The highest BCUT2D eigenvalue weighted by molar-refractivity contribution is 9.10. The SMILES string of the molecule is Cc1ccc(C)c(CC(=O)Nc2cc(F)c(Br)cc2C)c1. The number of anilines is 1. The second-order valence-electron chi connectivity index (χ2n) is 5.24. The molecule has 0 spiro atoms. The first kappa shape index (κ1) is 15.7. The average molecular weight is 350 g/mol. The number of carbonyl (C=O) groups excluding carboxylic acids is 1. The molecular formula is C17H17BrFNO. The van der Waals surface area contributed by atoms with Crippen molar-refractivity contribution in [2.45, 2.75) is 27.2 Å². The van der Waals surface area contributed by atoms with E-state index in [0.29, 0.717) is 10.2 Å². The third-order valence-electron chi connectivity index (χ3n) is 3.40. The van der Waals surface area contributed by atoms with Gasteiger partial charge < -0.3 is 5.32 Å². The Labute approximate surface area is 132 Å². The van der Waals surface area contributed by atoms with Gasteiger partial charge in [0.15, 0.2) is 0 Å². The number of carbonyl (C=O) groups is 1. The summed E-state index contributed by atoms with van der Waals surface area (Å²) in [5, 5.41) is 2.77. The molecule has 0 aliphatic rings. The zero-order valence-electron chi connectivity index (χ0n) is 12.3. The number of amides is 1. The van der Waals surface area contributed by atoms with Gasteiger partial charge in [0, 0.05) is 5.69 Å². The minimum atomic E-state index is -0.386. The molecule has 0 heterocycles. The number of benzene rings is 2. The molecule has 0 bridgehead atoms. The molecule has 0 aliphatic carbocycles. The molecule has 110 valence electrons. The van der Waals surface area contributed by atoms with Gasteiger partial charge in [0.2, 0.25) is 5.91 Å². The number of aryl methyl sites for hydroxylation is 3. The lowest BCUT2D eigenvalue weighted by Gasteiger charge is -2.11. The fourth-order valence-corrected chi connectivity index (χ4v) is 2.60. The molecule has 0 aromatic heterocycles. The average Bonchev–Trinajstić information content (AvgIpc) is 2.40. The van der Waals surface area contributed by atoms with E-state index in [4.69, 9.17) is 0 Å². The molecule has 0 aliphatic heterocycles. The summed E-state index contributed by atoms with van der Waals surface area (Å²) < 4.78 is 14.0. The van der Waals surface area contributed by atoms with Crippen LogP contribution in [0.15, 0.2) is 34.8 Å². The number of hydrogen-bond donors (Lipinski definition) is 1. The maximum atomic E-state index is 13.6. The molecule has 4 heteroatoms. The van der Waals surface area contributed by atoms with Gasteiger partial charge in [-0.25, -0.2) is 4.39 Å². The predicted molar refractivity (Wildman–Crippen MR) is 87.1 cm³/mol. The van der Waals surface area contributed by atoms with Gasteiger partial charge in [-0.15, -0.1) is 0 Å². The van der Waals surface area contributed by atoms with Gasteiger partial charge >= 0.3 is 0 Å². The van der Waals surface area contributed by atoms with E-state index in [2.05, 4.69) is 21.2 Å². The van der Waals surface area contributed by atoms with Crippen LogP contribution >= 0.6 is 15.9 Å². The molecule has 0 fully saturated rings. The Morgan fingerprint density at radius 2 is 1.86 bits per heavy atom. The first-order valence-electron chi connectivity index (χ1n) is 6.68. The Morgan fingerprint density at radius 3 is 2.57 bits per heavy atom. The van der Waals surface area contributed by atoms with Crippen LogP contribution < -0.4 is 5.32 Å². The summed E-state index contributed by atoms with van der Waals surface area (Å²) in [6.07, 6.45) is 0.282. The van der Waals surface area contributed by atoms with E-state index >= 15 is 0 Å². The van der Waals surface area contributed by atoms with Crippen LogP contribution in [-0.2, 0) is 11.2 Å². The fraction of sp³-hybridized carbons (Fsp3) is 0.235. The number of rotatable bonds is 3. The Bertz CT molecular complexity index is 697. The number of hydrogen-bond acceptors (Lipinski definition) is 1. The van der Waals surface area contributed by atoms with Crippen molar-refractivity contribution in [3.63, 3.8) is 0 Å². The quantitative estimate of drug-likeness (QED) is 0.855. The third-order valence-corrected chi connectivity index (χ3v) is 4.00. The van der Waals surface area contributed by atoms with Crippen molar-refractivity contribution in [1.82, 2.24) is 0 Å². The second kappa shape index (κ2) is 6.39. The van der Waals surface area contributed by atoms with Crippen LogP contribution in [0.25, 0.3) is 0 Å². The van der Waals surface area contributed by atoms with E-state index in [1.54, 1.807) is 6.07 Å². The lowest BCUT2D eigenvalue weighted by Crippen LogP contribution is -2.16.